The van der Waals surface area contributed by atoms with E-state index in [0.717, 1.165) is 6.42 Å². The summed E-state index contributed by atoms with van der Waals surface area (Å²) in [5.74, 6) is -0.356. The minimum atomic E-state index is -0.596. The summed E-state index contributed by atoms with van der Waals surface area (Å²) in [4.78, 5) is 28.6. The van der Waals surface area contributed by atoms with E-state index in [1.807, 2.05) is 31.1 Å². The molecule has 118 valence electrons. The highest BCUT2D eigenvalue weighted by Crippen LogP contribution is 2.36. The van der Waals surface area contributed by atoms with Gasteiger partial charge in [-0.05, 0) is 38.1 Å². The largest absolute Gasteiger partial charge is 0.368 e. The van der Waals surface area contributed by atoms with Crippen LogP contribution in [0.5, 0.6) is 0 Å². The van der Waals surface area contributed by atoms with Crippen LogP contribution in [0.25, 0.3) is 0 Å². The molecule has 0 unspecified atom stereocenters. The van der Waals surface area contributed by atoms with Crippen molar-refractivity contribution < 1.29 is 9.59 Å². The third-order valence-electron chi connectivity index (χ3n) is 5.18. The molecule has 2 N–H and O–H groups in total. The molecule has 3 rings (SSSR count). The van der Waals surface area contributed by atoms with Crippen molar-refractivity contribution >= 4 is 11.8 Å². The minimum absolute atomic E-state index is 0.0370. The maximum Gasteiger partial charge on any atom is 0.244 e. The summed E-state index contributed by atoms with van der Waals surface area (Å²) >= 11 is 0. The zero-order valence-corrected chi connectivity index (χ0v) is 13.2. The van der Waals surface area contributed by atoms with Gasteiger partial charge >= 0.3 is 0 Å². The standard InChI is InChI=1S/C17H23N3O2/c1-19(2)17(10-12-6-3-4-7-13(12)11-17)16(22)20-9-5-8-14(20)15(18)21/h3-4,6-7,14H,5,8-11H2,1-2H3,(H2,18,21)/t14-/m0/s1. The van der Waals surface area contributed by atoms with Crippen LogP contribution in [0.3, 0.4) is 0 Å². The van der Waals surface area contributed by atoms with E-state index in [1.54, 1.807) is 4.90 Å². The zero-order valence-electron chi connectivity index (χ0n) is 13.2. The van der Waals surface area contributed by atoms with Crippen molar-refractivity contribution in [1.29, 1.82) is 0 Å². The van der Waals surface area contributed by atoms with Gasteiger partial charge < -0.3 is 10.6 Å². The molecule has 1 saturated heterocycles. The molecule has 0 bridgehead atoms. The van der Waals surface area contributed by atoms with E-state index in [0.29, 0.717) is 25.8 Å². The Morgan fingerprint density at radius 3 is 2.32 bits per heavy atom. The van der Waals surface area contributed by atoms with E-state index in [1.165, 1.54) is 11.1 Å². The number of nitrogens with zero attached hydrogens (tertiary/aromatic N) is 2. The molecule has 2 aliphatic rings. The number of rotatable bonds is 3. The molecule has 5 nitrogen and oxygen atoms in total. The summed E-state index contributed by atoms with van der Waals surface area (Å²) in [7, 11) is 3.89. The predicted molar refractivity (Wildman–Crippen MR) is 84.2 cm³/mol. The summed E-state index contributed by atoms with van der Waals surface area (Å²) < 4.78 is 0. The van der Waals surface area contributed by atoms with Gasteiger partial charge in [0.25, 0.3) is 0 Å². The predicted octanol–water partition coefficient (Wildman–Crippen LogP) is 0.562. The summed E-state index contributed by atoms with van der Waals surface area (Å²) in [6.45, 7) is 0.623. The minimum Gasteiger partial charge on any atom is -0.368 e. The van der Waals surface area contributed by atoms with Crippen LogP contribution < -0.4 is 5.73 Å². The molecule has 1 aromatic rings. The Morgan fingerprint density at radius 2 is 1.82 bits per heavy atom. The number of likely N-dealkylation sites (tertiary alicyclic amines) is 1. The molecular formula is C17H23N3O2. The van der Waals surface area contributed by atoms with E-state index >= 15 is 0 Å². The van der Waals surface area contributed by atoms with Crippen molar-refractivity contribution in [2.75, 3.05) is 20.6 Å². The molecule has 1 aromatic carbocycles. The van der Waals surface area contributed by atoms with Crippen LogP contribution in [0.2, 0.25) is 0 Å². The number of carbonyl (C=O) groups is 2. The van der Waals surface area contributed by atoms with Crippen molar-refractivity contribution in [1.82, 2.24) is 9.80 Å². The van der Waals surface area contributed by atoms with Gasteiger partial charge in [-0.3, -0.25) is 14.5 Å². The number of nitrogens with two attached hydrogens (primary N) is 1. The third kappa shape index (κ3) is 2.20. The molecule has 2 amide bonds. The summed E-state index contributed by atoms with van der Waals surface area (Å²) in [6, 6.07) is 7.74. The van der Waals surface area contributed by atoms with E-state index in [-0.39, 0.29) is 5.91 Å². The Kier molecular flexibility index (Phi) is 3.68. The first-order valence-corrected chi connectivity index (χ1v) is 7.80. The fraction of sp³-hybridized carbons (Fsp3) is 0.529. The Balaban J connectivity index is 1.93. The van der Waals surface area contributed by atoms with Gasteiger partial charge in [0.1, 0.15) is 11.6 Å². The highest BCUT2D eigenvalue weighted by molar-refractivity contribution is 5.93. The number of carbonyl (C=O) groups excluding carboxylic acids is 2. The van der Waals surface area contributed by atoms with Gasteiger partial charge in [-0.15, -0.1) is 0 Å². The van der Waals surface area contributed by atoms with Crippen molar-refractivity contribution in [3.05, 3.63) is 35.4 Å². The first kappa shape index (κ1) is 15.0. The summed E-state index contributed by atoms with van der Waals surface area (Å²) in [5.41, 5.74) is 7.33. The average Bonchev–Trinajstić information content (AvgIpc) is 3.11. The van der Waals surface area contributed by atoms with Crippen molar-refractivity contribution in [2.45, 2.75) is 37.3 Å². The number of primary amides is 1. The van der Waals surface area contributed by atoms with Gasteiger partial charge in [-0.25, -0.2) is 0 Å². The summed E-state index contributed by atoms with van der Waals surface area (Å²) in [6.07, 6.45) is 2.90. The third-order valence-corrected chi connectivity index (χ3v) is 5.18. The maximum atomic E-state index is 13.3. The molecule has 1 aliphatic carbocycles. The van der Waals surface area contributed by atoms with Crippen LogP contribution in [0.1, 0.15) is 24.0 Å². The number of fused-ring (bicyclic) bond motifs is 1. The number of likely N-dealkylation sites (N-methyl/N-ethyl adjacent to an activating group) is 1. The molecule has 5 heteroatoms. The summed E-state index contributed by atoms with van der Waals surface area (Å²) in [5, 5.41) is 0. The van der Waals surface area contributed by atoms with E-state index in [2.05, 4.69) is 12.1 Å². The molecule has 0 saturated carbocycles. The lowest BCUT2D eigenvalue weighted by Crippen LogP contribution is -2.60. The quantitative estimate of drug-likeness (QED) is 0.887. The fourth-order valence-corrected chi connectivity index (χ4v) is 3.83. The van der Waals surface area contributed by atoms with Gasteiger partial charge in [0.2, 0.25) is 11.8 Å². The van der Waals surface area contributed by atoms with Crippen LogP contribution in [0, 0.1) is 0 Å². The number of hydrogen-bond donors (Lipinski definition) is 1. The molecular weight excluding hydrogens is 278 g/mol. The van der Waals surface area contributed by atoms with Gasteiger partial charge in [-0.2, -0.15) is 0 Å². The van der Waals surface area contributed by atoms with Gasteiger partial charge in [0, 0.05) is 19.4 Å². The smallest absolute Gasteiger partial charge is 0.244 e. The Morgan fingerprint density at radius 1 is 1.23 bits per heavy atom. The van der Waals surface area contributed by atoms with Crippen molar-refractivity contribution in [2.24, 2.45) is 5.73 Å². The normalized spacial score (nSPS) is 22.9. The molecule has 1 atom stereocenters. The van der Waals surface area contributed by atoms with Crippen LogP contribution >= 0.6 is 0 Å². The lowest BCUT2D eigenvalue weighted by Gasteiger charge is -2.39. The van der Waals surface area contributed by atoms with Gasteiger partial charge in [0.05, 0.1) is 0 Å². The lowest BCUT2D eigenvalue weighted by molar-refractivity contribution is -0.146. The maximum absolute atomic E-state index is 13.3. The molecule has 1 heterocycles. The van der Waals surface area contributed by atoms with Gasteiger partial charge in [0.15, 0.2) is 0 Å². The average molecular weight is 301 g/mol. The van der Waals surface area contributed by atoms with E-state index in [4.69, 9.17) is 5.73 Å². The first-order chi connectivity index (χ1) is 10.5. The van der Waals surface area contributed by atoms with Gasteiger partial charge in [-0.1, -0.05) is 24.3 Å². The van der Waals surface area contributed by atoms with E-state index in [9.17, 15) is 9.59 Å². The Labute approximate surface area is 131 Å². The monoisotopic (exact) mass is 301 g/mol. The van der Waals surface area contributed by atoms with Crippen LogP contribution in [-0.2, 0) is 22.4 Å². The molecule has 22 heavy (non-hydrogen) atoms. The fourth-order valence-electron chi connectivity index (χ4n) is 3.83. The van der Waals surface area contributed by atoms with Crippen LogP contribution in [0.15, 0.2) is 24.3 Å². The van der Waals surface area contributed by atoms with E-state index < -0.39 is 17.5 Å². The second kappa shape index (κ2) is 5.39. The highest BCUT2D eigenvalue weighted by atomic mass is 16.2. The van der Waals surface area contributed by atoms with Crippen molar-refractivity contribution in [3.8, 4) is 0 Å². The molecule has 0 aromatic heterocycles. The number of benzene rings is 1. The molecule has 0 spiro atoms. The van der Waals surface area contributed by atoms with Crippen molar-refractivity contribution in [3.63, 3.8) is 0 Å². The molecule has 1 aliphatic heterocycles. The zero-order chi connectivity index (χ0) is 15.9. The first-order valence-electron chi connectivity index (χ1n) is 7.80. The second-order valence-electron chi connectivity index (χ2n) is 6.61. The van der Waals surface area contributed by atoms with Crippen LogP contribution in [0.4, 0.5) is 0 Å². The number of amides is 2. The van der Waals surface area contributed by atoms with Crippen LogP contribution in [-0.4, -0.2) is 53.8 Å². The highest BCUT2D eigenvalue weighted by Gasteiger charge is 2.50. The second-order valence-corrected chi connectivity index (χ2v) is 6.61. The molecule has 1 fully saturated rings. The lowest BCUT2D eigenvalue weighted by atomic mass is 9.91. The topological polar surface area (TPSA) is 66.6 Å². The SMILES string of the molecule is CN(C)C1(C(=O)N2CCC[C@H]2C(N)=O)Cc2ccccc2C1. The Hall–Kier alpha value is -1.88. The Bertz CT molecular complexity index is 587. The number of hydrogen-bond acceptors (Lipinski definition) is 3. The molecule has 0 radical (unpaired) electrons.